The van der Waals surface area contributed by atoms with Gasteiger partial charge in [0.15, 0.2) is 0 Å². The first-order valence-electron chi connectivity index (χ1n) is 5.71. The lowest BCUT2D eigenvalue weighted by atomic mass is 9.93. The van der Waals surface area contributed by atoms with Crippen LogP contribution in [0.2, 0.25) is 0 Å². The van der Waals surface area contributed by atoms with Crippen LogP contribution in [-0.4, -0.2) is 34.1 Å². The second-order valence-corrected chi connectivity index (χ2v) is 5.31. The molecule has 0 saturated carbocycles. The molecule has 0 aromatic carbocycles. The third-order valence-electron chi connectivity index (χ3n) is 3.16. The Morgan fingerprint density at radius 1 is 1.53 bits per heavy atom. The van der Waals surface area contributed by atoms with Gasteiger partial charge in [-0.2, -0.15) is 0 Å². The van der Waals surface area contributed by atoms with Crippen LogP contribution in [0.15, 0.2) is 6.20 Å². The van der Waals surface area contributed by atoms with Gasteiger partial charge >= 0.3 is 5.97 Å². The van der Waals surface area contributed by atoms with Crippen LogP contribution in [0, 0.1) is 12.3 Å². The summed E-state index contributed by atoms with van der Waals surface area (Å²) in [4.78, 5) is 21.4. The summed E-state index contributed by atoms with van der Waals surface area (Å²) in [5, 5.41) is 8.91. The maximum atomic E-state index is 10.9. The van der Waals surface area contributed by atoms with Crippen LogP contribution >= 0.6 is 0 Å². The second-order valence-electron chi connectivity index (χ2n) is 5.31. The number of rotatable bonds is 2. The number of hydrogen-bond acceptors (Lipinski definition) is 4. The molecular formula is C12H17N3O2. The molecule has 0 aliphatic carbocycles. The van der Waals surface area contributed by atoms with Gasteiger partial charge < -0.3 is 10.0 Å². The molecule has 1 aliphatic rings. The predicted molar refractivity (Wildman–Crippen MR) is 64.3 cm³/mol. The lowest BCUT2D eigenvalue weighted by Gasteiger charge is -2.20. The minimum atomic E-state index is -0.976. The first-order valence-corrected chi connectivity index (χ1v) is 5.71. The Morgan fingerprint density at radius 2 is 2.24 bits per heavy atom. The highest BCUT2D eigenvalue weighted by molar-refractivity contribution is 5.88. The summed E-state index contributed by atoms with van der Waals surface area (Å²) in [6, 6.07) is 0. The van der Waals surface area contributed by atoms with Crippen molar-refractivity contribution in [1.82, 2.24) is 9.97 Å². The highest BCUT2D eigenvalue weighted by atomic mass is 16.4. The van der Waals surface area contributed by atoms with Gasteiger partial charge in [0, 0.05) is 19.3 Å². The molecule has 1 aliphatic heterocycles. The van der Waals surface area contributed by atoms with Gasteiger partial charge in [0.25, 0.3) is 0 Å². The molecule has 0 amide bonds. The quantitative estimate of drug-likeness (QED) is 0.845. The van der Waals surface area contributed by atoms with E-state index in [0.29, 0.717) is 11.6 Å². The number of anilines is 1. The minimum Gasteiger partial charge on any atom is -0.478 e. The van der Waals surface area contributed by atoms with Crippen molar-refractivity contribution in [2.24, 2.45) is 5.41 Å². The van der Waals surface area contributed by atoms with Crippen molar-refractivity contribution in [1.29, 1.82) is 0 Å². The average molecular weight is 235 g/mol. The van der Waals surface area contributed by atoms with Crippen LogP contribution in [0.5, 0.6) is 0 Å². The molecule has 0 spiro atoms. The van der Waals surface area contributed by atoms with Crippen molar-refractivity contribution in [3.8, 4) is 0 Å². The van der Waals surface area contributed by atoms with Crippen molar-refractivity contribution in [3.05, 3.63) is 17.5 Å². The third kappa shape index (κ3) is 2.38. The van der Waals surface area contributed by atoms with Gasteiger partial charge in [-0.15, -0.1) is 0 Å². The SMILES string of the molecule is Cc1nc(N2CCC(C)(C)C2)ncc1C(=O)O. The van der Waals surface area contributed by atoms with Gasteiger partial charge in [0.2, 0.25) is 5.95 Å². The molecule has 2 rings (SSSR count). The summed E-state index contributed by atoms with van der Waals surface area (Å²) < 4.78 is 0. The molecule has 5 heteroatoms. The van der Waals surface area contributed by atoms with Crippen molar-refractivity contribution >= 4 is 11.9 Å². The zero-order chi connectivity index (χ0) is 12.6. The summed E-state index contributed by atoms with van der Waals surface area (Å²) in [5.41, 5.74) is 0.974. The standard InChI is InChI=1S/C12H17N3O2/c1-8-9(10(16)17)6-13-11(14-8)15-5-4-12(2,3)7-15/h6H,4-5,7H2,1-3H3,(H,16,17). The van der Waals surface area contributed by atoms with Crippen LogP contribution < -0.4 is 4.90 Å². The predicted octanol–water partition coefficient (Wildman–Crippen LogP) is 1.72. The summed E-state index contributed by atoms with van der Waals surface area (Å²) in [6.45, 7) is 7.98. The molecule has 1 saturated heterocycles. The Kier molecular flexibility index (Phi) is 2.77. The topological polar surface area (TPSA) is 66.3 Å². The van der Waals surface area contributed by atoms with Gasteiger partial charge in [-0.05, 0) is 18.8 Å². The molecular weight excluding hydrogens is 218 g/mol. The minimum absolute atomic E-state index is 0.173. The Bertz CT molecular complexity index is 457. The van der Waals surface area contributed by atoms with Crippen LogP contribution in [0.1, 0.15) is 36.3 Å². The van der Waals surface area contributed by atoms with E-state index < -0.39 is 5.97 Å². The molecule has 92 valence electrons. The van der Waals surface area contributed by atoms with Crippen molar-refractivity contribution in [2.45, 2.75) is 27.2 Å². The van der Waals surface area contributed by atoms with Gasteiger partial charge in [0.1, 0.15) is 0 Å². The zero-order valence-electron chi connectivity index (χ0n) is 10.4. The first-order chi connectivity index (χ1) is 7.89. The van der Waals surface area contributed by atoms with Gasteiger partial charge in [-0.3, -0.25) is 0 Å². The van der Waals surface area contributed by atoms with E-state index in [1.807, 2.05) is 0 Å². The summed E-state index contributed by atoms with van der Waals surface area (Å²) in [6.07, 6.45) is 2.50. The van der Waals surface area contributed by atoms with E-state index in [-0.39, 0.29) is 11.0 Å². The smallest absolute Gasteiger partial charge is 0.339 e. The molecule has 0 bridgehead atoms. The average Bonchev–Trinajstić information content (AvgIpc) is 2.58. The molecule has 1 aromatic heterocycles. The highest BCUT2D eigenvalue weighted by Gasteiger charge is 2.30. The molecule has 5 nitrogen and oxygen atoms in total. The maximum Gasteiger partial charge on any atom is 0.339 e. The number of aryl methyl sites for hydroxylation is 1. The van der Waals surface area contributed by atoms with Crippen LogP contribution in [0.25, 0.3) is 0 Å². The molecule has 1 aromatic rings. The Labute approximate surface area is 100 Å². The van der Waals surface area contributed by atoms with E-state index >= 15 is 0 Å². The number of carboxylic acid groups (broad SMARTS) is 1. The van der Waals surface area contributed by atoms with E-state index in [9.17, 15) is 4.79 Å². The summed E-state index contributed by atoms with van der Waals surface area (Å²) in [5.74, 6) is -0.339. The van der Waals surface area contributed by atoms with Crippen molar-refractivity contribution < 1.29 is 9.90 Å². The molecule has 0 radical (unpaired) electrons. The van der Waals surface area contributed by atoms with E-state index in [0.717, 1.165) is 19.5 Å². The number of aromatic nitrogens is 2. The fourth-order valence-electron chi connectivity index (χ4n) is 2.10. The molecule has 1 N–H and O–H groups in total. The first kappa shape index (κ1) is 11.8. The largest absolute Gasteiger partial charge is 0.478 e. The van der Waals surface area contributed by atoms with Gasteiger partial charge in [-0.25, -0.2) is 14.8 Å². The fraction of sp³-hybridized carbons (Fsp3) is 0.583. The third-order valence-corrected chi connectivity index (χ3v) is 3.16. The van der Waals surface area contributed by atoms with E-state index in [4.69, 9.17) is 5.11 Å². The Balaban J connectivity index is 2.24. The molecule has 1 fully saturated rings. The van der Waals surface area contributed by atoms with Crippen molar-refractivity contribution in [2.75, 3.05) is 18.0 Å². The number of carbonyl (C=O) groups is 1. The second kappa shape index (κ2) is 3.98. The van der Waals surface area contributed by atoms with E-state index in [2.05, 4.69) is 28.7 Å². The Hall–Kier alpha value is -1.65. The molecule has 17 heavy (non-hydrogen) atoms. The van der Waals surface area contributed by atoms with E-state index in [1.165, 1.54) is 6.20 Å². The monoisotopic (exact) mass is 235 g/mol. The molecule has 0 unspecified atom stereocenters. The lowest BCUT2D eigenvalue weighted by molar-refractivity contribution is 0.0695. The molecule has 0 atom stereocenters. The normalized spacial score (nSPS) is 18.4. The van der Waals surface area contributed by atoms with Gasteiger partial charge in [-0.1, -0.05) is 13.8 Å². The summed E-state index contributed by atoms with van der Waals surface area (Å²) in [7, 11) is 0. The van der Waals surface area contributed by atoms with Crippen LogP contribution in [-0.2, 0) is 0 Å². The Morgan fingerprint density at radius 3 is 2.71 bits per heavy atom. The number of carboxylic acids is 1. The number of hydrogen-bond donors (Lipinski definition) is 1. The summed E-state index contributed by atoms with van der Waals surface area (Å²) >= 11 is 0. The van der Waals surface area contributed by atoms with Crippen molar-refractivity contribution in [3.63, 3.8) is 0 Å². The van der Waals surface area contributed by atoms with E-state index in [1.54, 1.807) is 6.92 Å². The van der Waals surface area contributed by atoms with Crippen LogP contribution in [0.4, 0.5) is 5.95 Å². The van der Waals surface area contributed by atoms with Gasteiger partial charge in [0.05, 0.1) is 11.3 Å². The maximum absolute atomic E-state index is 10.9. The fourth-order valence-corrected chi connectivity index (χ4v) is 2.10. The zero-order valence-corrected chi connectivity index (χ0v) is 10.4. The van der Waals surface area contributed by atoms with Crippen LogP contribution in [0.3, 0.4) is 0 Å². The lowest BCUT2D eigenvalue weighted by Crippen LogP contribution is -2.25. The highest BCUT2D eigenvalue weighted by Crippen LogP contribution is 2.30. The number of nitrogens with zero attached hydrogens (tertiary/aromatic N) is 3. The molecule has 2 heterocycles. The number of aromatic carboxylic acids is 1.